The number of carboxylic acid groups (broad SMARTS) is 1. The number of rotatable bonds is 8. The van der Waals surface area contributed by atoms with Crippen molar-refractivity contribution in [2.75, 3.05) is 18.6 Å². The van der Waals surface area contributed by atoms with Crippen LogP contribution < -0.4 is 5.32 Å². The van der Waals surface area contributed by atoms with E-state index in [1.54, 1.807) is 5.51 Å². The standard InChI is InChI=1S/C15H13N7O5S4/c1-27-20-8(7-2-17-31-21-7)11(23)18-9-12(24)22-10(14(25)26)6(3-28-13(9)22)4-29-15-19-16-5-30-15/h2,5,9,13H,3-4H2,1H3,(H,18,23)(H,25,26)/b20-8+/t9?,13-/m1/s1. The summed E-state index contributed by atoms with van der Waals surface area (Å²) in [6.45, 7) is 0. The zero-order chi connectivity index (χ0) is 22.0. The van der Waals surface area contributed by atoms with Crippen molar-refractivity contribution in [2.45, 2.75) is 15.8 Å². The smallest absolute Gasteiger partial charge is 0.352 e. The lowest BCUT2D eigenvalue weighted by Crippen LogP contribution is -2.71. The Hall–Kier alpha value is -2.56. The molecule has 0 saturated carbocycles. The lowest BCUT2D eigenvalue weighted by molar-refractivity contribution is -0.150. The number of nitrogens with one attached hydrogen (secondary N) is 1. The lowest BCUT2D eigenvalue weighted by atomic mass is 10.0. The van der Waals surface area contributed by atoms with Gasteiger partial charge in [0.15, 0.2) is 10.1 Å². The molecule has 16 heteroatoms. The molecular formula is C15H13N7O5S4. The van der Waals surface area contributed by atoms with Crippen LogP contribution >= 0.6 is 46.6 Å². The number of aliphatic carboxylic acids is 1. The fourth-order valence-electron chi connectivity index (χ4n) is 2.94. The first kappa shape index (κ1) is 21.7. The Labute approximate surface area is 191 Å². The van der Waals surface area contributed by atoms with Gasteiger partial charge in [-0.05, 0) is 5.57 Å². The lowest BCUT2D eigenvalue weighted by Gasteiger charge is -2.49. The van der Waals surface area contributed by atoms with Gasteiger partial charge in [0, 0.05) is 11.5 Å². The predicted molar refractivity (Wildman–Crippen MR) is 114 cm³/mol. The van der Waals surface area contributed by atoms with E-state index in [2.05, 4.69) is 29.4 Å². The van der Waals surface area contributed by atoms with Crippen LogP contribution in [-0.2, 0) is 19.2 Å². The van der Waals surface area contributed by atoms with Crippen LogP contribution in [-0.4, -0.2) is 82.5 Å². The topological polar surface area (TPSA) is 160 Å². The van der Waals surface area contributed by atoms with Gasteiger partial charge in [-0.3, -0.25) is 14.5 Å². The summed E-state index contributed by atoms with van der Waals surface area (Å²) >= 11 is 5.00. The van der Waals surface area contributed by atoms with Gasteiger partial charge in [-0.2, -0.15) is 8.75 Å². The number of carbonyl (C=O) groups is 3. The molecule has 2 aliphatic heterocycles. The second-order valence-electron chi connectivity index (χ2n) is 6.03. The molecule has 4 heterocycles. The number of aromatic nitrogens is 4. The van der Waals surface area contributed by atoms with Crippen molar-refractivity contribution in [3.8, 4) is 0 Å². The summed E-state index contributed by atoms with van der Waals surface area (Å²) in [5.74, 6) is -1.57. The molecule has 2 atom stereocenters. The number of oxime groups is 1. The number of fused-ring (bicyclic) bond motifs is 1. The fraction of sp³-hybridized carbons (Fsp3) is 0.333. The Morgan fingerprint density at radius 3 is 2.97 bits per heavy atom. The van der Waals surface area contributed by atoms with Crippen molar-refractivity contribution >= 4 is 70.1 Å². The molecule has 2 aromatic rings. The monoisotopic (exact) mass is 499 g/mol. The van der Waals surface area contributed by atoms with Crippen LogP contribution in [0.5, 0.6) is 0 Å². The summed E-state index contributed by atoms with van der Waals surface area (Å²) in [5, 5.41) is 23.1. The van der Waals surface area contributed by atoms with Crippen molar-refractivity contribution in [3.05, 3.63) is 28.7 Å². The summed E-state index contributed by atoms with van der Waals surface area (Å²) in [7, 11) is 1.28. The van der Waals surface area contributed by atoms with Crippen molar-refractivity contribution in [2.24, 2.45) is 5.16 Å². The number of carbonyl (C=O) groups excluding carboxylic acids is 2. The van der Waals surface area contributed by atoms with Crippen LogP contribution in [0.25, 0.3) is 0 Å². The van der Waals surface area contributed by atoms with Crippen LogP contribution in [0.15, 0.2) is 32.5 Å². The van der Waals surface area contributed by atoms with Crippen LogP contribution in [0, 0.1) is 0 Å². The highest BCUT2D eigenvalue weighted by atomic mass is 32.2. The minimum absolute atomic E-state index is 0.0502. The number of thioether (sulfide) groups is 2. The van der Waals surface area contributed by atoms with E-state index in [1.165, 1.54) is 53.1 Å². The number of β-lactam (4-membered cyclic amide) rings is 1. The first-order chi connectivity index (χ1) is 15.0. The highest BCUT2D eigenvalue weighted by molar-refractivity contribution is 8.01. The molecule has 0 aromatic carbocycles. The molecule has 1 fully saturated rings. The van der Waals surface area contributed by atoms with Gasteiger partial charge in [0.2, 0.25) is 0 Å². The molecule has 4 rings (SSSR count). The Balaban J connectivity index is 1.49. The molecule has 2 N–H and O–H groups in total. The largest absolute Gasteiger partial charge is 0.477 e. The molecule has 1 saturated heterocycles. The van der Waals surface area contributed by atoms with Crippen LogP contribution in [0.4, 0.5) is 0 Å². The van der Waals surface area contributed by atoms with Crippen molar-refractivity contribution < 1.29 is 24.3 Å². The zero-order valence-electron chi connectivity index (χ0n) is 15.6. The highest BCUT2D eigenvalue weighted by Gasteiger charge is 2.54. The quantitative estimate of drug-likeness (QED) is 0.222. The summed E-state index contributed by atoms with van der Waals surface area (Å²) in [6, 6.07) is -0.891. The van der Waals surface area contributed by atoms with Crippen molar-refractivity contribution in [3.63, 3.8) is 0 Å². The molecule has 2 aromatic heterocycles. The van der Waals surface area contributed by atoms with Gasteiger partial charge in [0.1, 0.15) is 35.4 Å². The normalized spacial score (nSPS) is 20.9. The molecule has 31 heavy (non-hydrogen) atoms. The Morgan fingerprint density at radius 2 is 2.32 bits per heavy atom. The predicted octanol–water partition coefficient (Wildman–Crippen LogP) is 0.271. The first-order valence-electron chi connectivity index (χ1n) is 8.50. The maximum Gasteiger partial charge on any atom is 0.352 e. The molecule has 0 bridgehead atoms. The van der Waals surface area contributed by atoms with E-state index in [9.17, 15) is 19.5 Å². The van der Waals surface area contributed by atoms with Gasteiger partial charge >= 0.3 is 5.97 Å². The van der Waals surface area contributed by atoms with E-state index in [4.69, 9.17) is 4.84 Å². The molecule has 0 aliphatic carbocycles. The third-order valence-electron chi connectivity index (χ3n) is 4.25. The average molecular weight is 500 g/mol. The third-order valence-corrected chi connectivity index (χ3v) is 8.01. The Morgan fingerprint density at radius 1 is 1.48 bits per heavy atom. The number of amides is 2. The second kappa shape index (κ2) is 9.29. The maximum atomic E-state index is 12.8. The number of carboxylic acids is 1. The summed E-state index contributed by atoms with van der Waals surface area (Å²) in [6.07, 6.45) is 1.36. The number of nitrogens with zero attached hydrogens (tertiary/aromatic N) is 6. The van der Waals surface area contributed by atoms with E-state index >= 15 is 0 Å². The molecule has 0 spiro atoms. The van der Waals surface area contributed by atoms with Crippen LogP contribution in [0.3, 0.4) is 0 Å². The molecule has 1 unspecified atom stereocenters. The van der Waals surface area contributed by atoms with Crippen molar-refractivity contribution in [1.82, 2.24) is 29.2 Å². The van der Waals surface area contributed by atoms with E-state index < -0.39 is 29.2 Å². The van der Waals surface area contributed by atoms with Gasteiger partial charge in [-0.15, -0.1) is 22.0 Å². The minimum atomic E-state index is -1.19. The fourth-order valence-corrected chi connectivity index (χ4v) is 6.33. The highest BCUT2D eigenvalue weighted by Crippen LogP contribution is 2.41. The van der Waals surface area contributed by atoms with Gasteiger partial charge in [0.05, 0.1) is 17.9 Å². The molecule has 12 nitrogen and oxygen atoms in total. The minimum Gasteiger partial charge on any atom is -0.477 e. The molecule has 0 radical (unpaired) electrons. The molecule has 2 aliphatic rings. The Bertz CT molecular complexity index is 1060. The Kier molecular flexibility index (Phi) is 6.49. The van der Waals surface area contributed by atoms with E-state index in [-0.39, 0.29) is 17.1 Å². The second-order valence-corrected chi connectivity index (χ2v) is 9.74. The number of hydrogen-bond acceptors (Lipinski definition) is 13. The van der Waals surface area contributed by atoms with Gasteiger partial charge in [0.25, 0.3) is 11.8 Å². The summed E-state index contributed by atoms with van der Waals surface area (Å²) in [5.41, 5.74) is 2.25. The van der Waals surface area contributed by atoms with E-state index in [1.807, 2.05) is 0 Å². The molecular weight excluding hydrogens is 486 g/mol. The number of hydrogen-bond donors (Lipinski definition) is 2. The third kappa shape index (κ3) is 4.28. The van der Waals surface area contributed by atoms with Gasteiger partial charge < -0.3 is 15.3 Å². The average Bonchev–Trinajstić information content (AvgIpc) is 3.47. The van der Waals surface area contributed by atoms with Gasteiger partial charge in [-0.1, -0.05) is 28.3 Å². The molecule has 2 amide bonds. The van der Waals surface area contributed by atoms with Crippen LogP contribution in [0.1, 0.15) is 5.69 Å². The first-order valence-corrected chi connectivity index (χ1v) is 12.1. The van der Waals surface area contributed by atoms with Crippen molar-refractivity contribution in [1.29, 1.82) is 0 Å². The SMILES string of the molecule is CO/N=C(/C(=O)NC1C(=O)N2C(C(=O)O)=C(CSc3nncs3)CS[C@H]12)c1cnsn1. The molecule has 162 valence electrons. The van der Waals surface area contributed by atoms with E-state index in [0.717, 1.165) is 11.7 Å². The summed E-state index contributed by atoms with van der Waals surface area (Å²) in [4.78, 5) is 43.3. The van der Waals surface area contributed by atoms with Crippen LogP contribution in [0.2, 0.25) is 0 Å². The van der Waals surface area contributed by atoms with E-state index in [0.29, 0.717) is 21.4 Å². The summed E-state index contributed by atoms with van der Waals surface area (Å²) < 4.78 is 8.50. The van der Waals surface area contributed by atoms with Gasteiger partial charge in [-0.25, -0.2) is 4.79 Å². The zero-order valence-corrected chi connectivity index (χ0v) is 18.9. The maximum absolute atomic E-state index is 12.8.